The number of piperidine rings is 2. The summed E-state index contributed by atoms with van der Waals surface area (Å²) >= 11 is 0. The summed E-state index contributed by atoms with van der Waals surface area (Å²) in [6.45, 7) is 1.81. The minimum Gasteiger partial charge on any atom is -0.483 e. The van der Waals surface area contributed by atoms with Gasteiger partial charge in [-0.05, 0) is 38.9 Å². The van der Waals surface area contributed by atoms with E-state index in [0.29, 0.717) is 13.1 Å². The summed E-state index contributed by atoms with van der Waals surface area (Å²) in [5.41, 5.74) is -0.483. The van der Waals surface area contributed by atoms with E-state index in [4.69, 9.17) is 9.90 Å². The van der Waals surface area contributed by atoms with Crippen molar-refractivity contribution in [3.8, 4) is 0 Å². The van der Waals surface area contributed by atoms with Crippen LogP contribution in [-0.4, -0.2) is 81.9 Å². The minimum atomic E-state index is -2.67. The van der Waals surface area contributed by atoms with E-state index in [0.717, 1.165) is 31.9 Å². The van der Waals surface area contributed by atoms with Crippen LogP contribution in [0.4, 0.5) is 8.78 Å². The van der Waals surface area contributed by atoms with Crippen molar-refractivity contribution in [1.29, 1.82) is 0 Å². The van der Waals surface area contributed by atoms with Crippen LogP contribution in [0.25, 0.3) is 0 Å². The molecule has 0 aromatic carbocycles. The highest BCUT2D eigenvalue weighted by Gasteiger charge is 2.47. The second-order valence-corrected chi connectivity index (χ2v) is 6.74. The largest absolute Gasteiger partial charge is 0.483 e. The van der Waals surface area contributed by atoms with Gasteiger partial charge >= 0.3 is 0 Å². The lowest BCUT2D eigenvalue weighted by Gasteiger charge is -2.53. The lowest BCUT2D eigenvalue weighted by atomic mass is 9.69. The summed E-state index contributed by atoms with van der Waals surface area (Å²) in [7, 11) is 2.01. The number of alkyl halides is 2. The Bertz CT molecular complexity index is 627. The molecule has 0 unspecified atom stereocenters. The summed E-state index contributed by atoms with van der Waals surface area (Å²) in [5.74, 6) is -0.335. The molecule has 3 heterocycles. The van der Waals surface area contributed by atoms with Gasteiger partial charge in [0.2, 0.25) is 0 Å². The van der Waals surface area contributed by atoms with Crippen LogP contribution in [0.1, 0.15) is 41.9 Å². The third kappa shape index (κ3) is 4.01. The van der Waals surface area contributed by atoms with Crippen LogP contribution < -0.4 is 0 Å². The molecule has 1 aromatic rings. The molecule has 0 aliphatic carbocycles. The Labute approximate surface area is 149 Å². The molecule has 2 aliphatic heterocycles. The second-order valence-electron chi connectivity index (χ2n) is 6.74. The van der Waals surface area contributed by atoms with E-state index >= 15 is 0 Å². The summed E-state index contributed by atoms with van der Waals surface area (Å²) < 4.78 is 25.2. The summed E-state index contributed by atoms with van der Waals surface area (Å²) in [6, 6.07) is 1.21. The van der Waals surface area contributed by atoms with Crippen molar-refractivity contribution in [3.05, 3.63) is 17.5 Å². The number of nitrogens with zero attached hydrogens (tertiary/aromatic N) is 3. The van der Waals surface area contributed by atoms with E-state index in [9.17, 15) is 18.7 Å². The third-order valence-electron chi connectivity index (χ3n) is 5.35. The first-order valence-corrected chi connectivity index (χ1v) is 8.40. The molecule has 0 spiro atoms. The number of carbonyl (C=O) groups is 2. The van der Waals surface area contributed by atoms with Crippen molar-refractivity contribution in [2.24, 2.45) is 5.41 Å². The summed E-state index contributed by atoms with van der Waals surface area (Å²) in [4.78, 5) is 24.7. The fourth-order valence-corrected chi connectivity index (χ4v) is 3.92. The molecule has 26 heavy (non-hydrogen) atoms. The zero-order valence-corrected chi connectivity index (χ0v) is 14.6. The zero-order chi connectivity index (χ0) is 19.3. The van der Waals surface area contributed by atoms with Crippen LogP contribution in [0.3, 0.4) is 0 Å². The van der Waals surface area contributed by atoms with Gasteiger partial charge in [-0.15, -0.1) is 0 Å². The van der Waals surface area contributed by atoms with Gasteiger partial charge in [-0.3, -0.25) is 14.7 Å². The van der Waals surface area contributed by atoms with Crippen molar-refractivity contribution in [2.45, 2.75) is 31.7 Å². The number of aromatic amines is 1. The number of H-pyrrole nitrogens is 1. The molecular weight excluding hydrogens is 350 g/mol. The van der Waals surface area contributed by atoms with Crippen molar-refractivity contribution in [1.82, 2.24) is 20.0 Å². The fourth-order valence-electron chi connectivity index (χ4n) is 3.92. The molecule has 2 saturated heterocycles. The van der Waals surface area contributed by atoms with Crippen LogP contribution >= 0.6 is 0 Å². The maximum Gasteiger partial charge on any atom is 0.290 e. The molecule has 2 atom stereocenters. The van der Waals surface area contributed by atoms with Crippen LogP contribution in [-0.2, 0) is 4.79 Å². The normalized spacial score (nSPS) is 26.0. The lowest BCUT2D eigenvalue weighted by Crippen LogP contribution is -2.62. The molecular formula is C16H24F2N4O4. The monoisotopic (exact) mass is 374 g/mol. The quantitative estimate of drug-likeness (QED) is 0.680. The van der Waals surface area contributed by atoms with E-state index in [-0.39, 0.29) is 41.8 Å². The van der Waals surface area contributed by atoms with E-state index in [1.165, 1.54) is 0 Å². The standard InChI is InChI=1S/C15H22F2N4O2.CH2O2/c1-20-5-2-3-15(9-22)4-6-21(8-12(15)20)14(23)11-7-10(13(16)17)18-19-11;2-1-3/h7,12-13,22H,2-6,8-9H2,1H3,(H,18,19);1H,(H,2,3)/t12-,15-;/m1./s1. The minimum absolute atomic E-state index is 0.0234. The van der Waals surface area contributed by atoms with Gasteiger partial charge < -0.3 is 20.0 Å². The number of aromatic nitrogens is 2. The van der Waals surface area contributed by atoms with Crippen molar-refractivity contribution < 1.29 is 28.6 Å². The maximum atomic E-state index is 12.6. The van der Waals surface area contributed by atoms with Crippen molar-refractivity contribution >= 4 is 12.4 Å². The molecule has 10 heteroatoms. The lowest BCUT2D eigenvalue weighted by molar-refractivity contribution is -0.122. The number of carboxylic acid groups (broad SMARTS) is 1. The first-order valence-electron chi connectivity index (χ1n) is 8.40. The van der Waals surface area contributed by atoms with Crippen LogP contribution in [0, 0.1) is 5.41 Å². The first kappa shape index (κ1) is 20.2. The first-order chi connectivity index (χ1) is 12.4. The number of hydrogen-bond acceptors (Lipinski definition) is 5. The molecule has 0 bridgehead atoms. The maximum absolute atomic E-state index is 12.6. The van der Waals surface area contributed by atoms with E-state index in [1.807, 2.05) is 7.05 Å². The molecule has 1 aromatic heterocycles. The number of fused-ring (bicyclic) bond motifs is 1. The number of nitrogens with one attached hydrogen (secondary N) is 1. The van der Waals surface area contributed by atoms with Crippen LogP contribution in [0.15, 0.2) is 6.07 Å². The molecule has 0 saturated carbocycles. The zero-order valence-electron chi connectivity index (χ0n) is 14.6. The van der Waals surface area contributed by atoms with Crippen LogP contribution in [0.5, 0.6) is 0 Å². The van der Waals surface area contributed by atoms with Gasteiger partial charge in [0.15, 0.2) is 5.69 Å². The number of aliphatic hydroxyl groups excluding tert-OH is 1. The van der Waals surface area contributed by atoms with Gasteiger partial charge in [0.05, 0.1) is 6.61 Å². The van der Waals surface area contributed by atoms with Gasteiger partial charge in [-0.1, -0.05) is 0 Å². The Morgan fingerprint density at radius 3 is 2.77 bits per heavy atom. The van der Waals surface area contributed by atoms with E-state index in [1.54, 1.807) is 4.90 Å². The highest BCUT2D eigenvalue weighted by atomic mass is 19.3. The predicted octanol–water partition coefficient (Wildman–Crippen LogP) is 0.967. The Morgan fingerprint density at radius 1 is 1.50 bits per heavy atom. The predicted molar refractivity (Wildman–Crippen MR) is 87.9 cm³/mol. The number of likely N-dealkylation sites (N-methyl/N-ethyl adjacent to an activating group) is 1. The van der Waals surface area contributed by atoms with E-state index in [2.05, 4.69) is 15.1 Å². The second kappa shape index (κ2) is 8.54. The van der Waals surface area contributed by atoms with Crippen molar-refractivity contribution in [3.63, 3.8) is 0 Å². The Balaban J connectivity index is 0.000000758. The molecule has 2 aliphatic rings. The molecule has 3 rings (SSSR count). The van der Waals surface area contributed by atoms with Gasteiger partial charge in [-0.25, -0.2) is 8.78 Å². The van der Waals surface area contributed by atoms with Crippen molar-refractivity contribution in [2.75, 3.05) is 33.3 Å². The Morgan fingerprint density at radius 2 is 2.19 bits per heavy atom. The number of carbonyl (C=O) groups excluding carboxylic acids is 1. The third-order valence-corrected chi connectivity index (χ3v) is 5.35. The highest BCUT2D eigenvalue weighted by Crippen LogP contribution is 2.41. The van der Waals surface area contributed by atoms with Gasteiger partial charge in [0.25, 0.3) is 18.8 Å². The number of halogens is 2. The SMILES string of the molecule is CN1CCC[C@]2(CO)CCN(C(=O)c3cc(C(F)F)[nH]n3)C[C@@H]12.O=CO. The number of rotatable bonds is 3. The van der Waals surface area contributed by atoms with E-state index < -0.39 is 6.43 Å². The summed E-state index contributed by atoms with van der Waals surface area (Å²) in [5, 5.41) is 22.7. The van der Waals surface area contributed by atoms with Crippen LogP contribution in [0.2, 0.25) is 0 Å². The molecule has 3 N–H and O–H groups in total. The molecule has 8 nitrogen and oxygen atoms in total. The molecule has 0 radical (unpaired) electrons. The number of hydrogen-bond donors (Lipinski definition) is 3. The average molecular weight is 374 g/mol. The van der Waals surface area contributed by atoms with Gasteiger partial charge in [0, 0.05) is 24.5 Å². The number of likely N-dealkylation sites (tertiary alicyclic amines) is 2. The van der Waals surface area contributed by atoms with Gasteiger partial charge in [0.1, 0.15) is 5.69 Å². The number of aliphatic hydroxyl groups is 1. The Kier molecular flexibility index (Phi) is 6.65. The Hall–Kier alpha value is -2.07. The number of amides is 1. The summed E-state index contributed by atoms with van der Waals surface area (Å²) in [6.07, 6.45) is 0.0462. The topological polar surface area (TPSA) is 110 Å². The molecule has 1 amide bonds. The fraction of sp³-hybridized carbons (Fsp3) is 0.688. The molecule has 146 valence electrons. The highest BCUT2D eigenvalue weighted by molar-refractivity contribution is 5.92. The average Bonchev–Trinajstić information content (AvgIpc) is 3.12. The smallest absolute Gasteiger partial charge is 0.290 e. The van der Waals surface area contributed by atoms with Gasteiger partial charge in [-0.2, -0.15) is 5.10 Å². The molecule has 2 fully saturated rings.